The molecule has 0 aliphatic carbocycles. The van der Waals surface area contributed by atoms with Crippen LogP contribution in [-0.2, 0) is 6.54 Å². The normalized spacial score (nSPS) is 18.3. The van der Waals surface area contributed by atoms with Gasteiger partial charge in [-0.3, -0.25) is 15.4 Å². The van der Waals surface area contributed by atoms with E-state index in [-0.39, 0.29) is 11.6 Å². The number of hydrazine groups is 1. The van der Waals surface area contributed by atoms with Crippen molar-refractivity contribution in [3.8, 4) is 0 Å². The molecule has 3 N–H and O–H groups in total. The third-order valence-corrected chi connectivity index (χ3v) is 5.68. The lowest BCUT2D eigenvalue weighted by molar-refractivity contribution is 0.0579. The number of likely N-dealkylation sites (tertiary alicyclic amines) is 1. The fourth-order valence-corrected chi connectivity index (χ4v) is 4.38. The lowest BCUT2D eigenvalue weighted by atomic mass is 9.81. The minimum atomic E-state index is 0.0424. The highest BCUT2D eigenvalue weighted by atomic mass is 79.9. The summed E-state index contributed by atoms with van der Waals surface area (Å²) in [4.78, 5) is 2.62. The first-order valence-electron chi connectivity index (χ1n) is 8.06. The van der Waals surface area contributed by atoms with Gasteiger partial charge in [0.2, 0.25) is 0 Å². The van der Waals surface area contributed by atoms with Gasteiger partial charge in [0.15, 0.2) is 0 Å². The molecule has 1 atom stereocenters. The Labute approximate surface area is 136 Å². The van der Waals surface area contributed by atoms with Crippen molar-refractivity contribution in [1.82, 2.24) is 20.1 Å². The van der Waals surface area contributed by atoms with Crippen molar-refractivity contribution in [3.63, 3.8) is 0 Å². The molecule has 0 spiro atoms. The first kappa shape index (κ1) is 16.9. The Morgan fingerprint density at radius 2 is 1.95 bits per heavy atom. The van der Waals surface area contributed by atoms with E-state index in [4.69, 9.17) is 5.84 Å². The smallest absolute Gasteiger partial charge is 0.0823 e. The number of rotatable bonds is 7. The standard InChI is InChI=1S/C15H28BrN5/c1-4-15(5-2,20-9-7-8-10-20)14(19-17)13-12(16)11-18-21(13)6-3/h11,14,19H,4-10,17H2,1-3H3. The average Bonchev–Trinajstić information content (AvgIpc) is 3.15. The zero-order chi connectivity index (χ0) is 15.5. The molecule has 0 radical (unpaired) electrons. The molecule has 0 aromatic carbocycles. The minimum Gasteiger partial charge on any atom is -0.296 e. The molecule has 0 bridgehead atoms. The average molecular weight is 358 g/mol. The van der Waals surface area contributed by atoms with Crippen molar-refractivity contribution in [1.29, 1.82) is 0 Å². The van der Waals surface area contributed by atoms with Crippen LogP contribution in [0.4, 0.5) is 0 Å². The maximum atomic E-state index is 6.02. The summed E-state index contributed by atoms with van der Waals surface area (Å²) in [5.41, 5.74) is 4.31. The third-order valence-electron chi connectivity index (χ3n) is 5.07. The van der Waals surface area contributed by atoms with Gasteiger partial charge >= 0.3 is 0 Å². The van der Waals surface area contributed by atoms with E-state index in [0.717, 1.165) is 42.6 Å². The number of nitrogens with zero attached hydrogens (tertiary/aromatic N) is 3. The molecular formula is C15H28BrN5. The van der Waals surface area contributed by atoms with Gasteiger partial charge in [-0.25, -0.2) is 5.43 Å². The van der Waals surface area contributed by atoms with Crippen molar-refractivity contribution in [2.75, 3.05) is 13.1 Å². The van der Waals surface area contributed by atoms with Gasteiger partial charge in [-0.15, -0.1) is 0 Å². The van der Waals surface area contributed by atoms with Gasteiger partial charge in [0.25, 0.3) is 0 Å². The summed E-state index contributed by atoms with van der Waals surface area (Å²) in [5, 5.41) is 4.47. The Morgan fingerprint density at radius 1 is 1.33 bits per heavy atom. The van der Waals surface area contributed by atoms with Crippen LogP contribution < -0.4 is 11.3 Å². The van der Waals surface area contributed by atoms with Crippen LogP contribution in [0.1, 0.15) is 58.2 Å². The van der Waals surface area contributed by atoms with Gasteiger partial charge in [-0.1, -0.05) is 13.8 Å². The monoisotopic (exact) mass is 357 g/mol. The number of aryl methyl sites for hydroxylation is 1. The molecule has 1 aliphatic heterocycles. The number of hydrogen-bond acceptors (Lipinski definition) is 4. The largest absolute Gasteiger partial charge is 0.296 e. The van der Waals surface area contributed by atoms with E-state index in [1.165, 1.54) is 12.8 Å². The van der Waals surface area contributed by atoms with E-state index in [1.807, 2.05) is 10.9 Å². The molecule has 2 rings (SSSR count). The van der Waals surface area contributed by atoms with E-state index < -0.39 is 0 Å². The molecule has 1 aliphatic rings. The Kier molecular flexibility index (Phi) is 5.82. The molecule has 1 saturated heterocycles. The van der Waals surface area contributed by atoms with Gasteiger partial charge in [0.1, 0.15) is 0 Å². The Hall–Kier alpha value is -0.430. The first-order chi connectivity index (χ1) is 10.1. The lowest BCUT2D eigenvalue weighted by Gasteiger charge is -2.46. The quantitative estimate of drug-likeness (QED) is 0.581. The number of hydrogen-bond donors (Lipinski definition) is 2. The van der Waals surface area contributed by atoms with Crippen molar-refractivity contribution in [2.24, 2.45) is 5.84 Å². The molecule has 5 nitrogen and oxygen atoms in total. The molecular weight excluding hydrogens is 330 g/mol. The molecule has 0 saturated carbocycles. The van der Waals surface area contributed by atoms with Crippen LogP contribution in [0, 0.1) is 0 Å². The molecule has 1 fully saturated rings. The fourth-order valence-electron chi connectivity index (χ4n) is 3.85. The molecule has 1 aromatic rings. The fraction of sp³-hybridized carbons (Fsp3) is 0.800. The highest BCUT2D eigenvalue weighted by Gasteiger charge is 2.44. The molecule has 0 amide bonds. The van der Waals surface area contributed by atoms with Crippen LogP contribution in [0.3, 0.4) is 0 Å². The second-order valence-corrected chi connectivity index (χ2v) is 6.65. The van der Waals surface area contributed by atoms with Crippen molar-refractivity contribution in [3.05, 3.63) is 16.4 Å². The van der Waals surface area contributed by atoms with Gasteiger partial charge < -0.3 is 0 Å². The van der Waals surface area contributed by atoms with Crippen molar-refractivity contribution in [2.45, 2.75) is 64.6 Å². The predicted octanol–water partition coefficient (Wildman–Crippen LogP) is 2.82. The van der Waals surface area contributed by atoms with E-state index in [2.05, 4.69) is 52.1 Å². The summed E-state index contributed by atoms with van der Waals surface area (Å²) < 4.78 is 3.09. The van der Waals surface area contributed by atoms with Crippen LogP contribution in [0.15, 0.2) is 10.7 Å². The lowest BCUT2D eigenvalue weighted by Crippen LogP contribution is -2.57. The van der Waals surface area contributed by atoms with Gasteiger partial charge in [0, 0.05) is 12.1 Å². The predicted molar refractivity (Wildman–Crippen MR) is 89.8 cm³/mol. The molecule has 6 heteroatoms. The second-order valence-electron chi connectivity index (χ2n) is 5.80. The maximum absolute atomic E-state index is 6.02. The summed E-state index contributed by atoms with van der Waals surface area (Å²) >= 11 is 3.66. The van der Waals surface area contributed by atoms with Crippen molar-refractivity contribution < 1.29 is 0 Å². The number of nitrogens with two attached hydrogens (primary N) is 1. The SMILES string of the molecule is CCn1ncc(Br)c1C(NN)C(CC)(CC)N1CCCC1. The van der Waals surface area contributed by atoms with Gasteiger partial charge in [-0.2, -0.15) is 5.10 Å². The zero-order valence-electron chi connectivity index (χ0n) is 13.4. The molecule has 21 heavy (non-hydrogen) atoms. The molecule has 1 aromatic heterocycles. The summed E-state index contributed by atoms with van der Waals surface area (Å²) in [7, 11) is 0. The third kappa shape index (κ3) is 2.91. The Balaban J connectivity index is 2.46. The summed E-state index contributed by atoms with van der Waals surface area (Å²) in [6, 6.07) is 0.0717. The first-order valence-corrected chi connectivity index (χ1v) is 8.86. The number of aromatic nitrogens is 2. The van der Waals surface area contributed by atoms with E-state index in [0.29, 0.717) is 0 Å². The van der Waals surface area contributed by atoms with E-state index in [1.54, 1.807) is 0 Å². The number of nitrogens with one attached hydrogen (secondary N) is 1. The zero-order valence-corrected chi connectivity index (χ0v) is 15.0. The topological polar surface area (TPSA) is 59.1 Å². The van der Waals surface area contributed by atoms with E-state index >= 15 is 0 Å². The number of halogens is 1. The second kappa shape index (κ2) is 7.22. The van der Waals surface area contributed by atoms with Crippen LogP contribution in [0.5, 0.6) is 0 Å². The summed E-state index contributed by atoms with van der Waals surface area (Å²) in [6.45, 7) is 9.84. The Morgan fingerprint density at radius 3 is 2.43 bits per heavy atom. The van der Waals surface area contributed by atoms with Crippen LogP contribution in [0.25, 0.3) is 0 Å². The molecule has 1 unspecified atom stereocenters. The van der Waals surface area contributed by atoms with Crippen LogP contribution in [0.2, 0.25) is 0 Å². The van der Waals surface area contributed by atoms with E-state index in [9.17, 15) is 0 Å². The maximum Gasteiger partial charge on any atom is 0.0823 e. The molecule has 120 valence electrons. The highest BCUT2D eigenvalue weighted by Crippen LogP contribution is 2.41. The summed E-state index contributed by atoms with van der Waals surface area (Å²) in [5.74, 6) is 6.02. The molecule has 2 heterocycles. The highest BCUT2D eigenvalue weighted by molar-refractivity contribution is 9.10. The van der Waals surface area contributed by atoms with Crippen molar-refractivity contribution >= 4 is 15.9 Å². The van der Waals surface area contributed by atoms with Gasteiger partial charge in [0.05, 0.1) is 22.4 Å². The van der Waals surface area contributed by atoms with Gasteiger partial charge in [-0.05, 0) is 61.6 Å². The Bertz CT molecular complexity index is 449. The van der Waals surface area contributed by atoms with Crippen LogP contribution >= 0.6 is 15.9 Å². The van der Waals surface area contributed by atoms with Crippen LogP contribution in [-0.4, -0.2) is 33.3 Å². The minimum absolute atomic E-state index is 0.0424. The summed E-state index contributed by atoms with van der Waals surface area (Å²) in [6.07, 6.45) is 6.59.